The summed E-state index contributed by atoms with van der Waals surface area (Å²) < 4.78 is 0. The van der Waals surface area contributed by atoms with Crippen molar-refractivity contribution in [1.29, 1.82) is 0 Å². The highest BCUT2D eigenvalue weighted by molar-refractivity contribution is 7.98. The van der Waals surface area contributed by atoms with Crippen molar-refractivity contribution in [2.75, 3.05) is 5.43 Å². The molecule has 0 atom stereocenters. The molecule has 0 saturated carbocycles. The Balaban J connectivity index is 2.21. The topological polar surface area (TPSA) is 107 Å². The lowest BCUT2D eigenvalue weighted by molar-refractivity contribution is -0.384. The number of nitrogen functional groups attached to an aromatic ring is 1. The highest BCUT2D eigenvalue weighted by Gasteiger charge is 2.16. The van der Waals surface area contributed by atoms with Crippen LogP contribution in [0.1, 0.15) is 11.3 Å². The van der Waals surface area contributed by atoms with Crippen LogP contribution in [0.3, 0.4) is 0 Å². The predicted molar refractivity (Wildman–Crippen MR) is 77.2 cm³/mol. The number of aromatic nitrogens is 2. The van der Waals surface area contributed by atoms with Gasteiger partial charge in [0.25, 0.3) is 5.69 Å². The van der Waals surface area contributed by atoms with Gasteiger partial charge >= 0.3 is 0 Å². The predicted octanol–water partition coefficient (Wildman–Crippen LogP) is 2.27. The number of nitrogens with one attached hydrogen (secondary N) is 1. The molecule has 7 nitrogen and oxygen atoms in total. The Morgan fingerprint density at radius 3 is 2.90 bits per heavy atom. The Bertz CT molecular complexity index is 635. The summed E-state index contributed by atoms with van der Waals surface area (Å²) in [6.45, 7) is 1.88. The number of aryl methyl sites for hydroxylation is 1. The first kappa shape index (κ1) is 14.2. The van der Waals surface area contributed by atoms with Gasteiger partial charge in [0.05, 0.1) is 4.92 Å². The minimum atomic E-state index is -0.466. The Morgan fingerprint density at radius 1 is 1.45 bits per heavy atom. The van der Waals surface area contributed by atoms with E-state index < -0.39 is 4.92 Å². The Morgan fingerprint density at radius 2 is 2.25 bits per heavy atom. The number of benzene rings is 1. The third kappa shape index (κ3) is 3.22. The van der Waals surface area contributed by atoms with Crippen molar-refractivity contribution in [2.24, 2.45) is 5.84 Å². The summed E-state index contributed by atoms with van der Waals surface area (Å²) in [5.41, 5.74) is 4.28. The van der Waals surface area contributed by atoms with Crippen molar-refractivity contribution < 1.29 is 4.92 Å². The van der Waals surface area contributed by atoms with Crippen molar-refractivity contribution in [3.8, 4) is 0 Å². The minimum Gasteiger partial charge on any atom is -0.318 e. The van der Waals surface area contributed by atoms with Gasteiger partial charge in [0.15, 0.2) is 5.16 Å². The first-order valence-corrected chi connectivity index (χ1v) is 6.75. The minimum absolute atomic E-state index is 0.0456. The van der Waals surface area contributed by atoms with Gasteiger partial charge in [-0.15, -0.1) is 0 Å². The average molecular weight is 291 g/mol. The zero-order valence-electron chi connectivity index (χ0n) is 10.7. The van der Waals surface area contributed by atoms with Gasteiger partial charge in [0, 0.05) is 23.7 Å². The van der Waals surface area contributed by atoms with Gasteiger partial charge in [0.1, 0.15) is 5.69 Å². The zero-order valence-corrected chi connectivity index (χ0v) is 11.6. The third-order valence-electron chi connectivity index (χ3n) is 2.60. The highest BCUT2D eigenvalue weighted by Crippen LogP contribution is 2.31. The summed E-state index contributed by atoms with van der Waals surface area (Å²) in [6, 6.07) is 6.63. The summed E-state index contributed by atoms with van der Waals surface area (Å²) in [5.74, 6) is 5.88. The molecule has 0 unspecified atom stereocenters. The molecule has 0 aliphatic heterocycles. The van der Waals surface area contributed by atoms with E-state index in [1.807, 2.05) is 13.0 Å². The van der Waals surface area contributed by atoms with Crippen LogP contribution in [0.5, 0.6) is 0 Å². The van der Waals surface area contributed by atoms with Crippen LogP contribution in [0.15, 0.2) is 35.6 Å². The molecule has 1 heterocycles. The van der Waals surface area contributed by atoms with Gasteiger partial charge in [-0.2, -0.15) is 0 Å². The number of anilines is 1. The maximum absolute atomic E-state index is 10.9. The molecule has 0 radical (unpaired) electrons. The molecular formula is C12H13N5O2S. The molecule has 1 aromatic carbocycles. The number of nitro benzene ring substituents is 1. The number of nitrogens with two attached hydrogens (primary N) is 1. The van der Waals surface area contributed by atoms with Crippen LogP contribution in [0.25, 0.3) is 0 Å². The fraction of sp³-hybridized carbons (Fsp3) is 0.167. The van der Waals surface area contributed by atoms with Gasteiger partial charge in [-0.25, -0.2) is 9.97 Å². The van der Waals surface area contributed by atoms with Crippen LogP contribution in [-0.4, -0.2) is 14.9 Å². The fourth-order valence-electron chi connectivity index (χ4n) is 1.66. The molecule has 0 amide bonds. The second-order valence-electron chi connectivity index (χ2n) is 3.98. The lowest BCUT2D eigenvalue weighted by atomic mass is 10.2. The number of rotatable bonds is 5. The van der Waals surface area contributed by atoms with Crippen LogP contribution >= 0.6 is 11.8 Å². The maximum Gasteiger partial charge on any atom is 0.293 e. The van der Waals surface area contributed by atoms with E-state index in [-0.39, 0.29) is 5.69 Å². The largest absolute Gasteiger partial charge is 0.318 e. The van der Waals surface area contributed by atoms with E-state index in [0.717, 1.165) is 11.3 Å². The number of hydrogen-bond donors (Lipinski definition) is 2. The Labute approximate surface area is 119 Å². The second-order valence-corrected chi connectivity index (χ2v) is 4.92. The number of nitrogens with zero attached hydrogens (tertiary/aromatic N) is 3. The van der Waals surface area contributed by atoms with Crippen LogP contribution in [0, 0.1) is 17.0 Å². The molecular weight excluding hydrogens is 278 g/mol. The van der Waals surface area contributed by atoms with E-state index in [4.69, 9.17) is 5.84 Å². The lowest BCUT2D eigenvalue weighted by Gasteiger charge is -2.08. The van der Waals surface area contributed by atoms with E-state index >= 15 is 0 Å². The molecule has 8 heteroatoms. The molecule has 3 N–H and O–H groups in total. The monoisotopic (exact) mass is 291 g/mol. The second kappa shape index (κ2) is 6.31. The van der Waals surface area contributed by atoms with Crippen molar-refractivity contribution in [1.82, 2.24) is 9.97 Å². The van der Waals surface area contributed by atoms with Gasteiger partial charge in [-0.1, -0.05) is 23.9 Å². The van der Waals surface area contributed by atoms with Crippen LogP contribution in [-0.2, 0) is 5.75 Å². The lowest BCUT2D eigenvalue weighted by Crippen LogP contribution is -2.11. The number of hydrazine groups is 1. The van der Waals surface area contributed by atoms with Crippen LogP contribution in [0.4, 0.5) is 11.4 Å². The van der Waals surface area contributed by atoms with Gasteiger partial charge in [-0.3, -0.25) is 16.0 Å². The first-order chi connectivity index (χ1) is 9.61. The summed E-state index contributed by atoms with van der Waals surface area (Å²) in [6.07, 6.45) is 1.68. The number of thioether (sulfide) groups is 1. The molecule has 0 aliphatic rings. The normalized spacial score (nSPS) is 10.3. The molecule has 0 saturated heterocycles. The van der Waals surface area contributed by atoms with Gasteiger partial charge in [-0.05, 0) is 18.6 Å². The van der Waals surface area contributed by atoms with E-state index in [9.17, 15) is 10.1 Å². The molecule has 1 aromatic heterocycles. The SMILES string of the molecule is Cc1ccnc(SCc2cccc([N+](=O)[O-])c2NN)n1. The quantitative estimate of drug-likeness (QED) is 0.286. The number of para-hydroxylation sites is 1. The first-order valence-electron chi connectivity index (χ1n) is 5.77. The molecule has 0 aliphatic carbocycles. The molecule has 2 aromatic rings. The number of hydrogen-bond acceptors (Lipinski definition) is 7. The van der Waals surface area contributed by atoms with Crippen molar-refractivity contribution in [3.05, 3.63) is 51.8 Å². The maximum atomic E-state index is 10.9. The fourth-order valence-corrected chi connectivity index (χ4v) is 2.53. The van der Waals surface area contributed by atoms with Crippen LogP contribution < -0.4 is 11.3 Å². The van der Waals surface area contributed by atoms with Gasteiger partial charge in [0.2, 0.25) is 0 Å². The Hall–Kier alpha value is -2.19. The zero-order chi connectivity index (χ0) is 14.5. The molecule has 20 heavy (non-hydrogen) atoms. The van der Waals surface area contributed by atoms with E-state index in [1.165, 1.54) is 17.8 Å². The van der Waals surface area contributed by atoms with Crippen molar-refractivity contribution in [3.63, 3.8) is 0 Å². The molecule has 104 valence electrons. The molecule has 2 rings (SSSR count). The standard InChI is InChI=1S/C12H13N5O2S/c1-8-5-6-14-12(15-8)20-7-9-3-2-4-10(17(18)19)11(9)16-13/h2-6,16H,7,13H2,1H3. The third-order valence-corrected chi connectivity index (χ3v) is 3.51. The molecule has 0 fully saturated rings. The van der Waals surface area contributed by atoms with E-state index in [1.54, 1.807) is 18.3 Å². The number of nitro groups is 1. The van der Waals surface area contributed by atoms with Gasteiger partial charge < -0.3 is 5.43 Å². The van der Waals surface area contributed by atoms with Crippen LogP contribution in [0.2, 0.25) is 0 Å². The summed E-state index contributed by atoms with van der Waals surface area (Å²) in [4.78, 5) is 18.9. The van der Waals surface area contributed by atoms with E-state index in [2.05, 4.69) is 15.4 Å². The Kier molecular flexibility index (Phi) is 4.49. The van der Waals surface area contributed by atoms with E-state index in [0.29, 0.717) is 16.6 Å². The summed E-state index contributed by atoms with van der Waals surface area (Å²) in [7, 11) is 0. The smallest absolute Gasteiger partial charge is 0.293 e. The summed E-state index contributed by atoms with van der Waals surface area (Å²) in [5, 5.41) is 11.6. The van der Waals surface area contributed by atoms with Crippen molar-refractivity contribution >= 4 is 23.1 Å². The van der Waals surface area contributed by atoms with Crippen molar-refractivity contribution in [2.45, 2.75) is 17.8 Å². The highest BCUT2D eigenvalue weighted by atomic mass is 32.2. The summed E-state index contributed by atoms with van der Waals surface area (Å²) >= 11 is 1.40. The molecule has 0 bridgehead atoms. The average Bonchev–Trinajstić information content (AvgIpc) is 2.44. The molecule has 0 spiro atoms.